The normalized spacial score (nSPS) is 13.1. The number of nitrogens with zero attached hydrogens (tertiary/aromatic N) is 1. The lowest BCUT2D eigenvalue weighted by atomic mass is 9.91. The molecule has 0 aliphatic heterocycles. The van der Waals surface area contributed by atoms with E-state index in [-0.39, 0.29) is 0 Å². The monoisotopic (exact) mass is 538 g/mol. The fraction of sp³-hybridized carbons (Fsp3) is 0.467. The standard InChI is InChI=1S/C30H42N4O5/c1-9-30(7,8)34(27(37)22(18-23(31)35)32-28(38)39-29(4,5)6)25(21-16-11-10-12-17-21)26(36)33-24-19(2)14-13-15-20(24)3/h10-17,22,25H,9,18H2,1-8H3,(H2,31,35)(H,32,38)(H,33,36). The first-order valence-corrected chi connectivity index (χ1v) is 13.1. The molecular weight excluding hydrogens is 496 g/mol. The van der Waals surface area contributed by atoms with Gasteiger partial charge in [-0.1, -0.05) is 55.5 Å². The maximum Gasteiger partial charge on any atom is 0.408 e. The Hall–Kier alpha value is -3.88. The molecule has 212 valence electrons. The van der Waals surface area contributed by atoms with Crippen LogP contribution in [0.5, 0.6) is 0 Å². The van der Waals surface area contributed by atoms with Gasteiger partial charge in [-0.05, 0) is 71.6 Å². The fourth-order valence-corrected chi connectivity index (χ4v) is 4.22. The number of carbonyl (C=O) groups excluding carboxylic acids is 4. The molecule has 0 aliphatic carbocycles. The number of nitrogens with two attached hydrogens (primary N) is 1. The molecule has 0 spiro atoms. The number of para-hydroxylation sites is 1. The summed E-state index contributed by atoms with van der Waals surface area (Å²) >= 11 is 0. The van der Waals surface area contributed by atoms with Crippen molar-refractivity contribution in [3.63, 3.8) is 0 Å². The Kier molecular flexibility index (Phi) is 10.3. The minimum atomic E-state index is -1.35. The van der Waals surface area contributed by atoms with E-state index in [4.69, 9.17) is 10.5 Å². The van der Waals surface area contributed by atoms with Crippen LogP contribution in [-0.4, -0.2) is 45.9 Å². The second-order valence-electron chi connectivity index (χ2n) is 11.3. The molecule has 4 N–H and O–H groups in total. The highest BCUT2D eigenvalue weighted by atomic mass is 16.6. The van der Waals surface area contributed by atoms with E-state index in [1.807, 2.05) is 58.9 Å². The van der Waals surface area contributed by atoms with E-state index in [2.05, 4.69) is 10.6 Å². The summed E-state index contributed by atoms with van der Waals surface area (Å²) in [5, 5.41) is 5.53. The lowest BCUT2D eigenvalue weighted by Gasteiger charge is -2.44. The number of hydrogen-bond donors (Lipinski definition) is 3. The predicted octanol–water partition coefficient (Wildman–Crippen LogP) is 4.77. The van der Waals surface area contributed by atoms with Gasteiger partial charge in [0.25, 0.3) is 5.91 Å². The van der Waals surface area contributed by atoms with Gasteiger partial charge in [0.15, 0.2) is 0 Å². The molecule has 0 aromatic heterocycles. The highest BCUT2D eigenvalue weighted by Crippen LogP contribution is 2.34. The quantitative estimate of drug-likeness (QED) is 0.401. The smallest absolute Gasteiger partial charge is 0.408 e. The molecule has 2 atom stereocenters. The van der Waals surface area contributed by atoms with Gasteiger partial charge in [-0.25, -0.2) is 4.79 Å². The van der Waals surface area contributed by atoms with Crippen LogP contribution in [0.15, 0.2) is 48.5 Å². The molecule has 0 radical (unpaired) electrons. The molecular formula is C30H42N4O5. The molecule has 9 nitrogen and oxygen atoms in total. The molecule has 2 aromatic carbocycles. The Balaban J connectivity index is 2.64. The van der Waals surface area contributed by atoms with E-state index in [0.717, 1.165) is 11.1 Å². The number of benzene rings is 2. The van der Waals surface area contributed by atoms with E-state index in [1.54, 1.807) is 45.0 Å². The lowest BCUT2D eigenvalue weighted by molar-refractivity contribution is -0.148. The highest BCUT2D eigenvalue weighted by Gasteiger charge is 2.43. The zero-order valence-corrected chi connectivity index (χ0v) is 24.3. The van der Waals surface area contributed by atoms with E-state index in [0.29, 0.717) is 17.7 Å². The third-order valence-electron chi connectivity index (χ3n) is 6.50. The zero-order valence-electron chi connectivity index (χ0n) is 24.3. The average molecular weight is 539 g/mol. The minimum absolute atomic E-state index is 0.427. The SMILES string of the molecule is CCC(C)(C)N(C(=O)C(CC(N)=O)NC(=O)OC(C)(C)C)C(C(=O)Nc1c(C)cccc1C)c1ccccc1. The molecule has 2 rings (SSSR count). The van der Waals surface area contributed by atoms with Crippen LogP contribution in [-0.2, 0) is 19.1 Å². The number of hydrogen-bond acceptors (Lipinski definition) is 5. The van der Waals surface area contributed by atoms with Crippen molar-refractivity contribution in [3.05, 3.63) is 65.2 Å². The Bertz CT molecular complexity index is 1170. The number of primary amides is 1. The Morgan fingerprint density at radius 2 is 1.49 bits per heavy atom. The van der Waals surface area contributed by atoms with Gasteiger partial charge >= 0.3 is 6.09 Å². The van der Waals surface area contributed by atoms with Crippen molar-refractivity contribution in [1.82, 2.24) is 10.2 Å². The van der Waals surface area contributed by atoms with Crippen molar-refractivity contribution >= 4 is 29.5 Å². The predicted molar refractivity (Wildman–Crippen MR) is 152 cm³/mol. The number of anilines is 1. The third kappa shape index (κ3) is 8.56. The van der Waals surface area contributed by atoms with Crippen molar-refractivity contribution in [1.29, 1.82) is 0 Å². The number of aryl methyl sites for hydroxylation is 2. The van der Waals surface area contributed by atoms with E-state index < -0.39 is 53.5 Å². The number of carbonyl (C=O) groups is 4. The van der Waals surface area contributed by atoms with Gasteiger partial charge in [0.2, 0.25) is 11.8 Å². The van der Waals surface area contributed by atoms with E-state index >= 15 is 0 Å². The Morgan fingerprint density at radius 1 is 0.923 bits per heavy atom. The summed E-state index contributed by atoms with van der Waals surface area (Å²) in [6, 6.07) is 12.2. The van der Waals surface area contributed by atoms with Crippen LogP contribution >= 0.6 is 0 Å². The Morgan fingerprint density at radius 3 is 1.97 bits per heavy atom. The van der Waals surface area contributed by atoms with Crippen molar-refractivity contribution < 1.29 is 23.9 Å². The number of nitrogens with one attached hydrogen (secondary N) is 2. The van der Waals surface area contributed by atoms with Crippen molar-refractivity contribution in [3.8, 4) is 0 Å². The first kappa shape index (κ1) is 31.3. The van der Waals surface area contributed by atoms with Gasteiger partial charge in [-0.3, -0.25) is 14.4 Å². The van der Waals surface area contributed by atoms with Crippen LogP contribution in [0.1, 0.15) is 77.1 Å². The summed E-state index contributed by atoms with van der Waals surface area (Å²) in [5.74, 6) is -1.84. The molecule has 0 aliphatic rings. The molecule has 2 aromatic rings. The summed E-state index contributed by atoms with van der Waals surface area (Å²) in [6.45, 7) is 14.4. The molecule has 0 heterocycles. The molecule has 4 amide bonds. The topological polar surface area (TPSA) is 131 Å². The first-order chi connectivity index (χ1) is 18.1. The molecule has 0 fully saturated rings. The van der Waals surface area contributed by atoms with Gasteiger partial charge in [0.1, 0.15) is 17.7 Å². The summed E-state index contributed by atoms with van der Waals surface area (Å²) in [4.78, 5) is 54.4. The molecule has 39 heavy (non-hydrogen) atoms. The number of rotatable bonds is 10. The molecule has 0 saturated heterocycles. The second-order valence-corrected chi connectivity index (χ2v) is 11.3. The van der Waals surface area contributed by atoms with Gasteiger partial charge < -0.3 is 26.0 Å². The van der Waals surface area contributed by atoms with E-state index in [9.17, 15) is 19.2 Å². The van der Waals surface area contributed by atoms with Crippen molar-refractivity contribution in [2.75, 3.05) is 5.32 Å². The van der Waals surface area contributed by atoms with Crippen molar-refractivity contribution in [2.24, 2.45) is 5.73 Å². The van der Waals surface area contributed by atoms with Crippen LogP contribution < -0.4 is 16.4 Å². The third-order valence-corrected chi connectivity index (χ3v) is 6.50. The zero-order chi connectivity index (χ0) is 29.5. The van der Waals surface area contributed by atoms with E-state index in [1.165, 1.54) is 4.90 Å². The highest BCUT2D eigenvalue weighted by molar-refractivity contribution is 6.00. The molecule has 2 unspecified atom stereocenters. The van der Waals surface area contributed by atoms with Crippen LogP contribution in [0, 0.1) is 13.8 Å². The van der Waals surface area contributed by atoms with Crippen LogP contribution in [0.25, 0.3) is 0 Å². The van der Waals surface area contributed by atoms with Gasteiger partial charge in [-0.2, -0.15) is 0 Å². The van der Waals surface area contributed by atoms with Gasteiger partial charge in [0, 0.05) is 11.2 Å². The minimum Gasteiger partial charge on any atom is -0.444 e. The molecule has 9 heteroatoms. The largest absolute Gasteiger partial charge is 0.444 e. The van der Waals surface area contributed by atoms with Gasteiger partial charge in [-0.15, -0.1) is 0 Å². The molecule has 0 saturated carbocycles. The fourth-order valence-electron chi connectivity index (χ4n) is 4.22. The van der Waals surface area contributed by atoms with Crippen LogP contribution in [0.3, 0.4) is 0 Å². The number of alkyl carbamates (subject to hydrolysis) is 1. The number of amides is 4. The maximum absolute atomic E-state index is 14.3. The average Bonchev–Trinajstić information content (AvgIpc) is 2.82. The maximum atomic E-state index is 14.3. The Labute approximate surface area is 231 Å². The van der Waals surface area contributed by atoms with Crippen molar-refractivity contribution in [2.45, 2.75) is 91.5 Å². The molecule has 0 bridgehead atoms. The van der Waals surface area contributed by atoms with Gasteiger partial charge in [0.05, 0.1) is 6.42 Å². The lowest BCUT2D eigenvalue weighted by Crippen LogP contribution is -2.59. The summed E-state index contributed by atoms with van der Waals surface area (Å²) in [5.41, 5.74) is 6.77. The second kappa shape index (κ2) is 12.8. The number of ether oxygens (including phenoxy) is 1. The van der Waals surface area contributed by atoms with Crippen LogP contribution in [0.2, 0.25) is 0 Å². The summed E-state index contributed by atoms with van der Waals surface area (Å²) in [6.07, 6.45) is -0.851. The summed E-state index contributed by atoms with van der Waals surface area (Å²) in [7, 11) is 0. The summed E-state index contributed by atoms with van der Waals surface area (Å²) < 4.78 is 5.34. The van der Waals surface area contributed by atoms with Crippen LogP contribution in [0.4, 0.5) is 10.5 Å². The first-order valence-electron chi connectivity index (χ1n) is 13.1.